The van der Waals surface area contributed by atoms with Gasteiger partial charge < -0.3 is 0 Å². The summed E-state index contributed by atoms with van der Waals surface area (Å²) in [6.45, 7) is 4.91. The van der Waals surface area contributed by atoms with E-state index < -0.39 is 0 Å². The molecule has 0 fully saturated rings. The van der Waals surface area contributed by atoms with Crippen molar-refractivity contribution in [2.45, 2.75) is 45.4 Å². The zero-order chi connectivity index (χ0) is 15.2. The van der Waals surface area contributed by atoms with E-state index in [-0.39, 0.29) is 5.56 Å². The lowest BCUT2D eigenvalue weighted by Gasteiger charge is -2.10. The Morgan fingerprint density at radius 2 is 1.90 bits per heavy atom. The van der Waals surface area contributed by atoms with Crippen LogP contribution in [0.1, 0.15) is 37.8 Å². The van der Waals surface area contributed by atoms with Crippen LogP contribution in [0.4, 0.5) is 0 Å². The fraction of sp³-hybridized carbons (Fsp3) is 0.412. The summed E-state index contributed by atoms with van der Waals surface area (Å²) >= 11 is 4.27. The van der Waals surface area contributed by atoms with Gasteiger partial charge in [0, 0.05) is 23.4 Å². The minimum Gasteiger partial charge on any atom is -0.267 e. The minimum atomic E-state index is -0.0209. The van der Waals surface area contributed by atoms with Crippen LogP contribution in [-0.2, 0) is 18.7 Å². The summed E-state index contributed by atoms with van der Waals surface area (Å²) in [5.41, 5.74) is 3.87. The number of hydrogen-bond donors (Lipinski definition) is 1. The lowest BCUT2D eigenvalue weighted by atomic mass is 10.1. The first-order chi connectivity index (χ1) is 10.2. The van der Waals surface area contributed by atoms with Gasteiger partial charge in [-0.05, 0) is 24.5 Å². The van der Waals surface area contributed by atoms with Gasteiger partial charge in [-0.1, -0.05) is 44.5 Å². The Kier molecular flexibility index (Phi) is 5.62. The molecule has 0 aliphatic carbocycles. The Morgan fingerprint density at radius 3 is 2.48 bits per heavy atom. The fourth-order valence-corrected chi connectivity index (χ4v) is 2.45. The Labute approximate surface area is 131 Å². The van der Waals surface area contributed by atoms with Gasteiger partial charge in [0.25, 0.3) is 5.56 Å². The molecule has 0 saturated carbocycles. The third-order valence-corrected chi connectivity index (χ3v) is 3.94. The zero-order valence-corrected chi connectivity index (χ0v) is 13.6. The second kappa shape index (κ2) is 7.46. The van der Waals surface area contributed by atoms with Gasteiger partial charge in [0.05, 0.1) is 5.69 Å². The standard InChI is InChI=1S/C17H22N2OS/c1-3-5-10-19-17(20)15(12-21)11-16(18-19)14-8-6-13(4-2)7-9-14/h6-9,11,21H,3-5,10,12H2,1-2H3. The molecule has 1 aromatic carbocycles. The highest BCUT2D eigenvalue weighted by Crippen LogP contribution is 2.18. The molecule has 21 heavy (non-hydrogen) atoms. The molecule has 112 valence electrons. The quantitative estimate of drug-likeness (QED) is 0.826. The number of benzene rings is 1. The summed E-state index contributed by atoms with van der Waals surface area (Å²) in [5.74, 6) is 0.438. The maximum Gasteiger partial charge on any atom is 0.270 e. The van der Waals surface area contributed by atoms with Gasteiger partial charge in [-0.15, -0.1) is 0 Å². The second-order valence-electron chi connectivity index (χ2n) is 5.15. The summed E-state index contributed by atoms with van der Waals surface area (Å²) in [4.78, 5) is 12.2. The molecule has 2 rings (SSSR count). The molecule has 0 spiro atoms. The normalized spacial score (nSPS) is 10.8. The monoisotopic (exact) mass is 302 g/mol. The maximum absolute atomic E-state index is 12.2. The van der Waals surface area contributed by atoms with Crippen LogP contribution in [0.2, 0.25) is 0 Å². The number of thiol groups is 1. The molecule has 0 aliphatic rings. The molecule has 0 N–H and O–H groups in total. The van der Waals surface area contributed by atoms with Crippen molar-refractivity contribution in [3.63, 3.8) is 0 Å². The van der Waals surface area contributed by atoms with Gasteiger partial charge >= 0.3 is 0 Å². The molecule has 0 unspecified atom stereocenters. The van der Waals surface area contributed by atoms with Crippen LogP contribution in [-0.4, -0.2) is 9.78 Å². The van der Waals surface area contributed by atoms with Crippen molar-refractivity contribution in [3.8, 4) is 11.3 Å². The Bertz CT molecular complexity index is 647. The average molecular weight is 302 g/mol. The van der Waals surface area contributed by atoms with Crippen molar-refractivity contribution in [1.82, 2.24) is 9.78 Å². The number of aromatic nitrogens is 2. The van der Waals surface area contributed by atoms with E-state index in [2.05, 4.69) is 55.8 Å². The molecule has 0 amide bonds. The minimum absolute atomic E-state index is 0.0209. The first-order valence-corrected chi connectivity index (χ1v) is 8.14. The zero-order valence-electron chi connectivity index (χ0n) is 12.7. The number of rotatable bonds is 6. The number of hydrogen-bond acceptors (Lipinski definition) is 3. The summed E-state index contributed by atoms with van der Waals surface area (Å²) in [6, 6.07) is 10.2. The van der Waals surface area contributed by atoms with Gasteiger partial charge in [-0.3, -0.25) is 4.79 Å². The van der Waals surface area contributed by atoms with Crippen molar-refractivity contribution in [1.29, 1.82) is 0 Å². The third-order valence-electron chi connectivity index (χ3n) is 3.60. The molecule has 0 atom stereocenters. The van der Waals surface area contributed by atoms with E-state index in [1.165, 1.54) is 5.56 Å². The van der Waals surface area contributed by atoms with Crippen LogP contribution in [0.3, 0.4) is 0 Å². The molecule has 4 heteroatoms. The van der Waals surface area contributed by atoms with Gasteiger partial charge in [0.1, 0.15) is 0 Å². The smallest absolute Gasteiger partial charge is 0.267 e. The lowest BCUT2D eigenvalue weighted by Crippen LogP contribution is -2.26. The van der Waals surface area contributed by atoms with E-state index in [0.29, 0.717) is 17.9 Å². The molecule has 0 aliphatic heterocycles. The van der Waals surface area contributed by atoms with E-state index >= 15 is 0 Å². The Balaban J connectivity index is 2.44. The van der Waals surface area contributed by atoms with Crippen LogP contribution >= 0.6 is 12.6 Å². The van der Waals surface area contributed by atoms with Gasteiger partial charge in [0.2, 0.25) is 0 Å². The number of nitrogens with zero attached hydrogens (tertiary/aromatic N) is 2. The SMILES string of the molecule is CCCCn1nc(-c2ccc(CC)cc2)cc(CS)c1=O. The van der Waals surface area contributed by atoms with E-state index in [4.69, 9.17) is 0 Å². The van der Waals surface area contributed by atoms with Crippen molar-refractivity contribution < 1.29 is 0 Å². The molecule has 0 radical (unpaired) electrons. The molecular weight excluding hydrogens is 280 g/mol. The molecular formula is C17H22N2OS. The predicted molar refractivity (Wildman–Crippen MR) is 90.9 cm³/mol. The summed E-state index contributed by atoms with van der Waals surface area (Å²) < 4.78 is 1.58. The molecule has 0 saturated heterocycles. The largest absolute Gasteiger partial charge is 0.270 e. The number of unbranched alkanes of at least 4 members (excludes halogenated alkanes) is 1. The van der Waals surface area contributed by atoms with Crippen molar-refractivity contribution in [2.24, 2.45) is 0 Å². The van der Waals surface area contributed by atoms with Gasteiger partial charge in [-0.2, -0.15) is 17.7 Å². The lowest BCUT2D eigenvalue weighted by molar-refractivity contribution is 0.542. The highest BCUT2D eigenvalue weighted by molar-refractivity contribution is 7.79. The summed E-state index contributed by atoms with van der Waals surface area (Å²) in [6.07, 6.45) is 3.02. The van der Waals surface area contributed by atoms with Gasteiger partial charge in [0.15, 0.2) is 0 Å². The van der Waals surface area contributed by atoms with E-state index in [0.717, 1.165) is 30.5 Å². The Hall–Kier alpha value is -1.55. The van der Waals surface area contributed by atoms with E-state index in [1.807, 2.05) is 6.07 Å². The van der Waals surface area contributed by atoms with Crippen LogP contribution in [0.5, 0.6) is 0 Å². The van der Waals surface area contributed by atoms with Crippen LogP contribution < -0.4 is 5.56 Å². The highest BCUT2D eigenvalue weighted by atomic mass is 32.1. The first kappa shape index (κ1) is 15.8. The number of aryl methyl sites for hydroxylation is 2. The van der Waals surface area contributed by atoms with Crippen LogP contribution in [0, 0.1) is 0 Å². The summed E-state index contributed by atoms with van der Waals surface area (Å²) in [5, 5.41) is 4.51. The Morgan fingerprint density at radius 1 is 1.19 bits per heavy atom. The third kappa shape index (κ3) is 3.76. The highest BCUT2D eigenvalue weighted by Gasteiger charge is 2.09. The van der Waals surface area contributed by atoms with Crippen molar-refractivity contribution >= 4 is 12.6 Å². The molecule has 1 heterocycles. The van der Waals surface area contributed by atoms with Crippen molar-refractivity contribution in [2.75, 3.05) is 0 Å². The predicted octanol–water partition coefficient (Wildman–Crippen LogP) is 3.70. The molecule has 2 aromatic rings. The maximum atomic E-state index is 12.2. The average Bonchev–Trinajstić information content (AvgIpc) is 2.54. The second-order valence-corrected chi connectivity index (χ2v) is 5.46. The molecule has 3 nitrogen and oxygen atoms in total. The summed E-state index contributed by atoms with van der Waals surface area (Å²) in [7, 11) is 0. The fourth-order valence-electron chi connectivity index (χ4n) is 2.22. The van der Waals surface area contributed by atoms with Crippen LogP contribution in [0.15, 0.2) is 35.1 Å². The van der Waals surface area contributed by atoms with E-state index in [9.17, 15) is 4.79 Å². The first-order valence-electron chi connectivity index (χ1n) is 7.50. The van der Waals surface area contributed by atoms with E-state index in [1.54, 1.807) is 4.68 Å². The topological polar surface area (TPSA) is 34.9 Å². The van der Waals surface area contributed by atoms with Gasteiger partial charge in [-0.25, -0.2) is 4.68 Å². The molecule has 0 bridgehead atoms. The van der Waals surface area contributed by atoms with Crippen molar-refractivity contribution in [3.05, 3.63) is 51.8 Å². The van der Waals surface area contributed by atoms with Crippen LogP contribution in [0.25, 0.3) is 11.3 Å². The molecule has 1 aromatic heterocycles.